The number of hydrogen-bond acceptors (Lipinski definition) is 7. The fraction of sp³-hybridized carbons (Fsp3) is 0.368. The van der Waals surface area contributed by atoms with Gasteiger partial charge in [-0.25, -0.2) is 0 Å². The molecule has 29 heavy (non-hydrogen) atoms. The van der Waals surface area contributed by atoms with Gasteiger partial charge in [-0.1, -0.05) is 47.0 Å². The van der Waals surface area contributed by atoms with Crippen molar-refractivity contribution in [1.29, 1.82) is 0 Å². The molecule has 0 radical (unpaired) electrons. The minimum Gasteiger partial charge on any atom is -0.354 e. The molecule has 1 fully saturated rings. The lowest BCUT2D eigenvalue weighted by atomic mass is 10.2. The van der Waals surface area contributed by atoms with E-state index in [1.165, 1.54) is 24.3 Å². The number of alkyl halides is 1. The molecular formula is C19H21ClO7S2. The molecule has 0 spiro atoms. The molecule has 0 N–H and O–H groups in total. The van der Waals surface area contributed by atoms with Crippen LogP contribution >= 0.6 is 11.6 Å². The van der Waals surface area contributed by atoms with E-state index in [1.807, 2.05) is 13.8 Å². The van der Waals surface area contributed by atoms with Gasteiger partial charge in [0.05, 0.1) is 16.4 Å². The van der Waals surface area contributed by atoms with Crippen molar-refractivity contribution < 1.29 is 29.9 Å². The molecule has 3 unspecified atom stereocenters. The first kappa shape index (κ1) is 22.2. The zero-order chi connectivity index (χ0) is 21.2. The molecule has 1 saturated heterocycles. The van der Waals surface area contributed by atoms with Gasteiger partial charge >= 0.3 is 0 Å². The summed E-state index contributed by atoms with van der Waals surface area (Å²) in [6, 6.07) is 12.3. The van der Waals surface area contributed by atoms with Gasteiger partial charge in [-0.2, -0.15) is 16.8 Å². The molecule has 158 valence electrons. The van der Waals surface area contributed by atoms with Crippen LogP contribution in [0.1, 0.15) is 17.5 Å². The van der Waals surface area contributed by atoms with Gasteiger partial charge in [0, 0.05) is 6.42 Å². The molecule has 1 aliphatic rings. The summed E-state index contributed by atoms with van der Waals surface area (Å²) in [5, 5.41) is 0. The van der Waals surface area contributed by atoms with Crippen molar-refractivity contribution in [3.05, 3.63) is 59.7 Å². The Kier molecular flexibility index (Phi) is 6.67. The molecule has 7 nitrogen and oxygen atoms in total. The van der Waals surface area contributed by atoms with Crippen LogP contribution in [-0.4, -0.2) is 41.2 Å². The summed E-state index contributed by atoms with van der Waals surface area (Å²) in [5.74, 6) is 0. The summed E-state index contributed by atoms with van der Waals surface area (Å²) in [4.78, 5) is -0.0127. The second-order valence-electron chi connectivity index (χ2n) is 6.77. The Labute approximate surface area is 175 Å². The maximum atomic E-state index is 12.5. The lowest BCUT2D eigenvalue weighted by molar-refractivity contribution is 0.0141. The topological polar surface area (TPSA) is 96.0 Å². The van der Waals surface area contributed by atoms with Crippen LogP contribution in [0.4, 0.5) is 0 Å². The number of rotatable bonds is 7. The van der Waals surface area contributed by atoms with Gasteiger partial charge < -0.3 is 4.74 Å². The molecule has 1 aliphatic heterocycles. The minimum absolute atomic E-state index is 0.00624. The highest BCUT2D eigenvalue weighted by Gasteiger charge is 2.39. The van der Waals surface area contributed by atoms with Gasteiger partial charge in [-0.15, -0.1) is 0 Å². The van der Waals surface area contributed by atoms with Gasteiger partial charge in [0.25, 0.3) is 20.2 Å². The number of halogens is 1. The van der Waals surface area contributed by atoms with Crippen LogP contribution in [0.5, 0.6) is 0 Å². The van der Waals surface area contributed by atoms with Crippen molar-refractivity contribution in [1.82, 2.24) is 0 Å². The van der Waals surface area contributed by atoms with Crippen molar-refractivity contribution in [3.63, 3.8) is 0 Å². The largest absolute Gasteiger partial charge is 0.354 e. The van der Waals surface area contributed by atoms with E-state index < -0.39 is 44.6 Å². The van der Waals surface area contributed by atoms with Crippen LogP contribution < -0.4 is 0 Å². The molecule has 0 amide bonds. The number of hydrogen-bond donors (Lipinski definition) is 0. The fourth-order valence-corrected chi connectivity index (χ4v) is 5.10. The third-order valence-electron chi connectivity index (χ3n) is 4.41. The normalized spacial score (nSPS) is 22.7. The summed E-state index contributed by atoms with van der Waals surface area (Å²) in [6.45, 7) is 3.25. The summed E-state index contributed by atoms with van der Waals surface area (Å²) < 4.78 is 65.5. The first-order valence-electron chi connectivity index (χ1n) is 8.82. The van der Waals surface area contributed by atoms with E-state index in [-0.39, 0.29) is 16.2 Å². The number of aryl methyl sites for hydroxylation is 2. The molecule has 0 bridgehead atoms. The zero-order valence-electron chi connectivity index (χ0n) is 15.8. The predicted octanol–water partition coefficient (Wildman–Crippen LogP) is 3.14. The highest BCUT2D eigenvalue weighted by Crippen LogP contribution is 2.30. The van der Waals surface area contributed by atoms with Crippen LogP contribution in [0.25, 0.3) is 0 Å². The SMILES string of the molecule is Cc1ccc(S(=O)(=O)OCC2OC(Cl)CC2OS(=O)(=O)c2ccc(C)cc2)cc1. The van der Waals surface area contributed by atoms with Crippen molar-refractivity contribution in [3.8, 4) is 0 Å². The van der Waals surface area contributed by atoms with Crippen LogP contribution in [0.3, 0.4) is 0 Å². The average molecular weight is 461 g/mol. The summed E-state index contributed by atoms with van der Waals surface area (Å²) in [6.07, 6.45) is -1.86. The molecule has 0 aliphatic carbocycles. The van der Waals surface area contributed by atoms with E-state index >= 15 is 0 Å². The van der Waals surface area contributed by atoms with Gasteiger partial charge in [-0.3, -0.25) is 8.37 Å². The molecule has 2 aromatic rings. The Hall–Kier alpha value is -1.49. The lowest BCUT2D eigenvalue weighted by Crippen LogP contribution is -2.32. The van der Waals surface area contributed by atoms with Gasteiger partial charge in [0.15, 0.2) is 0 Å². The van der Waals surface area contributed by atoms with E-state index in [4.69, 9.17) is 24.7 Å². The molecule has 10 heteroatoms. The second-order valence-corrected chi connectivity index (χ2v) is 10.4. The minimum atomic E-state index is -4.07. The number of ether oxygens (including phenoxy) is 1. The van der Waals surface area contributed by atoms with E-state index in [9.17, 15) is 16.8 Å². The maximum absolute atomic E-state index is 12.5. The summed E-state index contributed by atoms with van der Waals surface area (Å²) in [7, 11) is -8.11. The summed E-state index contributed by atoms with van der Waals surface area (Å²) >= 11 is 5.98. The summed E-state index contributed by atoms with van der Waals surface area (Å²) in [5.41, 5.74) is 0.994. The third kappa shape index (κ3) is 5.56. The first-order chi connectivity index (χ1) is 13.6. The Balaban J connectivity index is 1.70. The molecule has 0 aromatic heterocycles. The molecule has 3 rings (SSSR count). The van der Waals surface area contributed by atoms with E-state index in [0.29, 0.717) is 0 Å². The van der Waals surface area contributed by atoms with Crippen LogP contribution in [-0.2, 0) is 33.3 Å². The van der Waals surface area contributed by atoms with Crippen molar-refractivity contribution in [2.45, 2.75) is 47.8 Å². The smallest absolute Gasteiger partial charge is 0.297 e. The molecular weight excluding hydrogens is 440 g/mol. The van der Waals surface area contributed by atoms with Gasteiger partial charge in [0.1, 0.15) is 17.8 Å². The standard InChI is InChI=1S/C19H21ClO7S2/c1-13-3-7-15(8-4-13)28(21,22)25-12-18-17(11-19(20)26-18)27-29(23,24)16-9-5-14(2)6-10-16/h3-10,17-19H,11-12H2,1-2H3. The predicted molar refractivity (Wildman–Crippen MR) is 107 cm³/mol. The third-order valence-corrected chi connectivity index (χ3v) is 7.34. The molecule has 0 saturated carbocycles. The quantitative estimate of drug-likeness (QED) is 0.462. The highest BCUT2D eigenvalue weighted by molar-refractivity contribution is 7.87. The van der Waals surface area contributed by atoms with E-state index in [2.05, 4.69) is 0 Å². The van der Waals surface area contributed by atoms with Gasteiger partial charge in [0.2, 0.25) is 0 Å². The fourth-order valence-electron chi connectivity index (χ4n) is 2.77. The Morgan fingerprint density at radius 2 is 1.38 bits per heavy atom. The Bertz CT molecular complexity index is 1050. The Morgan fingerprint density at radius 3 is 1.90 bits per heavy atom. The van der Waals surface area contributed by atoms with E-state index in [1.54, 1.807) is 24.3 Å². The van der Waals surface area contributed by atoms with Crippen LogP contribution in [0, 0.1) is 13.8 Å². The molecule has 2 aromatic carbocycles. The Morgan fingerprint density at radius 1 is 0.897 bits per heavy atom. The monoisotopic (exact) mass is 460 g/mol. The van der Waals surface area contributed by atoms with Crippen LogP contribution in [0.15, 0.2) is 58.3 Å². The van der Waals surface area contributed by atoms with E-state index in [0.717, 1.165) is 11.1 Å². The van der Waals surface area contributed by atoms with Crippen molar-refractivity contribution in [2.24, 2.45) is 0 Å². The first-order valence-corrected chi connectivity index (χ1v) is 12.1. The lowest BCUT2D eigenvalue weighted by Gasteiger charge is -2.18. The van der Waals surface area contributed by atoms with Crippen molar-refractivity contribution >= 4 is 31.8 Å². The molecule has 1 heterocycles. The van der Waals surface area contributed by atoms with Crippen LogP contribution in [0.2, 0.25) is 0 Å². The maximum Gasteiger partial charge on any atom is 0.297 e. The van der Waals surface area contributed by atoms with Gasteiger partial charge in [-0.05, 0) is 38.1 Å². The second kappa shape index (κ2) is 8.71. The van der Waals surface area contributed by atoms with Crippen molar-refractivity contribution in [2.75, 3.05) is 6.61 Å². The average Bonchev–Trinajstić information content (AvgIpc) is 2.99. The zero-order valence-corrected chi connectivity index (χ0v) is 18.2. The number of benzene rings is 2. The molecule has 3 atom stereocenters. The highest BCUT2D eigenvalue weighted by atomic mass is 35.5.